The topological polar surface area (TPSA) is 98.6 Å². The Hall–Kier alpha value is -3.88. The molecule has 1 N–H and O–H groups in total. The molecule has 1 aromatic heterocycles. The summed E-state index contributed by atoms with van der Waals surface area (Å²) in [5, 5.41) is 10.8. The molecule has 0 bridgehead atoms. The molecule has 4 rings (SSSR count). The van der Waals surface area contributed by atoms with Gasteiger partial charge in [0.05, 0.1) is 13.7 Å². The molecule has 0 atom stereocenters. The van der Waals surface area contributed by atoms with Gasteiger partial charge in [-0.25, -0.2) is 0 Å². The molecule has 2 aromatic carbocycles. The maximum atomic E-state index is 12.8. The number of aromatic nitrogens is 3. The number of carbonyl (C=O) groups excluding carboxylic acids is 1. The molecular formula is C22H23N5O4. The summed E-state index contributed by atoms with van der Waals surface area (Å²) in [6.07, 6.45) is 0. The van der Waals surface area contributed by atoms with E-state index in [9.17, 15) is 9.59 Å². The Kier molecular flexibility index (Phi) is 5.83. The van der Waals surface area contributed by atoms with Gasteiger partial charge in [0.25, 0.3) is 11.5 Å². The minimum atomic E-state index is -0.553. The quantitative estimate of drug-likeness (QED) is 0.624. The molecule has 9 heteroatoms. The number of rotatable bonds is 7. The SMILES string of the molecule is CCOc1ccc(N2CCn3c2nnc(C(=O)NCc2ccc(OC)cc2)c3=O)cc1. The van der Waals surface area contributed by atoms with Gasteiger partial charge < -0.3 is 19.7 Å². The predicted molar refractivity (Wildman–Crippen MR) is 115 cm³/mol. The number of methoxy groups -OCH3 is 1. The number of amides is 1. The molecule has 160 valence electrons. The number of hydrogen-bond donors (Lipinski definition) is 1. The van der Waals surface area contributed by atoms with Crippen molar-refractivity contribution in [2.45, 2.75) is 20.0 Å². The van der Waals surface area contributed by atoms with Gasteiger partial charge in [0, 0.05) is 25.3 Å². The zero-order chi connectivity index (χ0) is 21.8. The number of nitrogens with zero attached hydrogens (tertiary/aromatic N) is 4. The predicted octanol–water partition coefficient (Wildman–Crippen LogP) is 2.13. The van der Waals surface area contributed by atoms with E-state index in [-0.39, 0.29) is 12.2 Å². The Balaban J connectivity index is 1.49. The van der Waals surface area contributed by atoms with Crippen LogP contribution in [0, 0.1) is 0 Å². The molecule has 9 nitrogen and oxygen atoms in total. The van der Waals surface area contributed by atoms with Gasteiger partial charge in [0.2, 0.25) is 11.6 Å². The second-order valence-corrected chi connectivity index (χ2v) is 6.91. The molecule has 3 aromatic rings. The van der Waals surface area contributed by atoms with Crippen LogP contribution in [-0.4, -0.2) is 40.9 Å². The van der Waals surface area contributed by atoms with Gasteiger partial charge in [-0.15, -0.1) is 10.2 Å². The first-order valence-electron chi connectivity index (χ1n) is 9.99. The van der Waals surface area contributed by atoms with E-state index in [1.54, 1.807) is 19.2 Å². The average Bonchev–Trinajstić information content (AvgIpc) is 3.24. The molecule has 0 saturated heterocycles. The normalized spacial score (nSPS) is 12.4. The van der Waals surface area contributed by atoms with Crippen molar-refractivity contribution < 1.29 is 14.3 Å². The molecule has 0 spiro atoms. The van der Waals surface area contributed by atoms with Crippen LogP contribution in [0.2, 0.25) is 0 Å². The number of benzene rings is 2. The van der Waals surface area contributed by atoms with Crippen molar-refractivity contribution in [3.05, 3.63) is 70.1 Å². The van der Waals surface area contributed by atoms with E-state index < -0.39 is 11.5 Å². The summed E-state index contributed by atoms with van der Waals surface area (Å²) in [5.41, 5.74) is 1.08. The van der Waals surface area contributed by atoms with Crippen molar-refractivity contribution in [1.82, 2.24) is 20.1 Å². The summed E-state index contributed by atoms with van der Waals surface area (Å²) in [7, 11) is 1.59. The Bertz CT molecular complexity index is 1130. The maximum absolute atomic E-state index is 12.8. The van der Waals surface area contributed by atoms with Gasteiger partial charge in [0.1, 0.15) is 11.5 Å². The Morgan fingerprint density at radius 2 is 1.74 bits per heavy atom. The van der Waals surface area contributed by atoms with Crippen LogP contribution in [0.5, 0.6) is 11.5 Å². The van der Waals surface area contributed by atoms with Gasteiger partial charge in [-0.2, -0.15) is 0 Å². The van der Waals surface area contributed by atoms with Crippen molar-refractivity contribution in [3.8, 4) is 11.5 Å². The van der Waals surface area contributed by atoms with Gasteiger partial charge >= 0.3 is 0 Å². The van der Waals surface area contributed by atoms with Gasteiger partial charge in [-0.05, 0) is 48.9 Å². The van der Waals surface area contributed by atoms with E-state index in [1.807, 2.05) is 48.2 Å². The molecule has 2 heterocycles. The van der Waals surface area contributed by atoms with E-state index >= 15 is 0 Å². The van der Waals surface area contributed by atoms with E-state index in [0.29, 0.717) is 25.6 Å². The van der Waals surface area contributed by atoms with Crippen LogP contribution >= 0.6 is 0 Å². The van der Waals surface area contributed by atoms with E-state index in [0.717, 1.165) is 22.7 Å². The Morgan fingerprint density at radius 3 is 2.42 bits per heavy atom. The molecule has 0 radical (unpaired) electrons. The van der Waals surface area contributed by atoms with Crippen LogP contribution in [0.4, 0.5) is 11.6 Å². The number of ether oxygens (including phenoxy) is 2. The lowest BCUT2D eigenvalue weighted by Crippen LogP contribution is -2.34. The third-order valence-electron chi connectivity index (χ3n) is 5.00. The van der Waals surface area contributed by atoms with E-state index in [4.69, 9.17) is 9.47 Å². The van der Waals surface area contributed by atoms with E-state index in [1.165, 1.54) is 4.57 Å². The molecule has 1 amide bonds. The Morgan fingerprint density at radius 1 is 1.03 bits per heavy atom. The van der Waals surface area contributed by atoms with Crippen molar-refractivity contribution in [1.29, 1.82) is 0 Å². The lowest BCUT2D eigenvalue weighted by molar-refractivity contribution is 0.0942. The molecule has 0 aliphatic carbocycles. The van der Waals surface area contributed by atoms with Gasteiger partial charge in [-0.1, -0.05) is 12.1 Å². The van der Waals surface area contributed by atoms with Crippen LogP contribution in [0.15, 0.2) is 53.3 Å². The van der Waals surface area contributed by atoms with Crippen molar-refractivity contribution in [2.24, 2.45) is 0 Å². The first-order chi connectivity index (χ1) is 15.1. The zero-order valence-electron chi connectivity index (χ0n) is 17.4. The number of fused-ring (bicyclic) bond motifs is 1. The van der Waals surface area contributed by atoms with Crippen LogP contribution in [-0.2, 0) is 13.1 Å². The van der Waals surface area contributed by atoms with Crippen molar-refractivity contribution >= 4 is 17.5 Å². The number of hydrogen-bond acceptors (Lipinski definition) is 7. The number of nitrogens with one attached hydrogen (secondary N) is 1. The van der Waals surface area contributed by atoms with Crippen LogP contribution < -0.4 is 25.2 Å². The highest BCUT2D eigenvalue weighted by atomic mass is 16.5. The highest BCUT2D eigenvalue weighted by Crippen LogP contribution is 2.28. The molecular weight excluding hydrogens is 398 g/mol. The third kappa shape index (κ3) is 4.20. The Labute approximate surface area is 179 Å². The fourth-order valence-corrected chi connectivity index (χ4v) is 3.40. The second-order valence-electron chi connectivity index (χ2n) is 6.91. The average molecular weight is 421 g/mol. The van der Waals surface area contributed by atoms with E-state index in [2.05, 4.69) is 15.5 Å². The summed E-state index contributed by atoms with van der Waals surface area (Å²) in [5.74, 6) is 1.37. The summed E-state index contributed by atoms with van der Waals surface area (Å²) in [6, 6.07) is 14.8. The molecule has 1 aliphatic heterocycles. The van der Waals surface area contributed by atoms with Crippen molar-refractivity contribution in [2.75, 3.05) is 25.2 Å². The summed E-state index contributed by atoms with van der Waals surface area (Å²) in [6.45, 7) is 3.78. The first kappa shape index (κ1) is 20.4. The number of anilines is 2. The zero-order valence-corrected chi connectivity index (χ0v) is 17.4. The molecule has 0 unspecified atom stereocenters. The lowest BCUT2D eigenvalue weighted by atomic mass is 10.2. The van der Waals surface area contributed by atoms with Crippen LogP contribution in [0.1, 0.15) is 23.0 Å². The van der Waals surface area contributed by atoms with Crippen molar-refractivity contribution in [3.63, 3.8) is 0 Å². The summed E-state index contributed by atoms with van der Waals surface area (Å²) >= 11 is 0. The first-order valence-corrected chi connectivity index (χ1v) is 9.99. The molecule has 31 heavy (non-hydrogen) atoms. The van der Waals surface area contributed by atoms with Gasteiger partial charge in [-0.3, -0.25) is 14.2 Å². The fraction of sp³-hybridized carbons (Fsp3) is 0.273. The fourth-order valence-electron chi connectivity index (χ4n) is 3.40. The second kappa shape index (κ2) is 8.86. The molecule has 0 saturated carbocycles. The molecule has 0 fully saturated rings. The van der Waals surface area contributed by atoms with Crippen LogP contribution in [0.3, 0.4) is 0 Å². The largest absolute Gasteiger partial charge is 0.497 e. The highest BCUT2D eigenvalue weighted by Gasteiger charge is 2.27. The monoisotopic (exact) mass is 421 g/mol. The highest BCUT2D eigenvalue weighted by molar-refractivity contribution is 5.91. The van der Waals surface area contributed by atoms with Gasteiger partial charge in [0.15, 0.2) is 0 Å². The maximum Gasteiger partial charge on any atom is 0.286 e. The minimum Gasteiger partial charge on any atom is -0.497 e. The lowest BCUT2D eigenvalue weighted by Gasteiger charge is -2.17. The third-order valence-corrected chi connectivity index (χ3v) is 5.00. The summed E-state index contributed by atoms with van der Waals surface area (Å²) in [4.78, 5) is 27.3. The standard InChI is InChI=1S/C22H23N5O4/c1-3-31-18-10-6-16(7-11-18)26-12-13-27-21(29)19(24-25-22(26)27)20(28)23-14-15-4-8-17(30-2)9-5-15/h4-11H,3,12-14H2,1-2H3,(H,23,28). The van der Waals surface area contributed by atoms with Crippen LogP contribution in [0.25, 0.3) is 0 Å². The minimum absolute atomic E-state index is 0.217. The number of carbonyl (C=O) groups is 1. The molecule has 1 aliphatic rings. The summed E-state index contributed by atoms with van der Waals surface area (Å²) < 4.78 is 12.1. The smallest absolute Gasteiger partial charge is 0.286 e.